The third kappa shape index (κ3) is 8.52. The molecule has 0 radical (unpaired) electrons. The molecule has 0 bridgehead atoms. The quantitative estimate of drug-likeness (QED) is 0.201. The molecule has 1 heterocycles. The van der Waals surface area contributed by atoms with Gasteiger partial charge in [0.2, 0.25) is 0 Å². The van der Waals surface area contributed by atoms with Crippen molar-refractivity contribution in [3.05, 3.63) is 116 Å². The number of para-hydroxylation sites is 2. The molecule has 0 aliphatic carbocycles. The molecule has 208 valence electrons. The van der Waals surface area contributed by atoms with Gasteiger partial charge in [0.1, 0.15) is 0 Å². The van der Waals surface area contributed by atoms with Crippen LogP contribution in [-0.2, 0) is 35.6 Å². The number of hydrogen-bond donors (Lipinski definition) is 0. The number of nitrogens with zero attached hydrogens (tertiary/aromatic N) is 1. The fourth-order valence-electron chi connectivity index (χ4n) is 5.25. The van der Waals surface area contributed by atoms with Gasteiger partial charge in [0, 0.05) is 17.0 Å². The molecule has 3 aromatic carbocycles. The molecule has 0 saturated carbocycles. The van der Waals surface area contributed by atoms with E-state index < -0.39 is 0 Å². The Kier molecular flexibility index (Phi) is 14.0. The number of aryl methyl sites for hydroxylation is 2. The van der Waals surface area contributed by atoms with Gasteiger partial charge in [-0.3, -0.25) is 0 Å². The first-order chi connectivity index (χ1) is 17.6. The Morgan fingerprint density at radius 2 is 1.42 bits per heavy atom. The molecule has 0 amide bonds. The molecular formula is C34H46ClNORu. The zero-order chi connectivity index (χ0) is 27.6. The second kappa shape index (κ2) is 15.6. The van der Waals surface area contributed by atoms with Crippen molar-refractivity contribution in [2.24, 2.45) is 0 Å². The number of halogens is 1. The first-order valence-electron chi connectivity index (χ1n) is 13.1. The number of hydrogen-bond acceptors (Lipinski definition) is 2. The summed E-state index contributed by atoms with van der Waals surface area (Å²) in [5.74, 6) is 0.877. The van der Waals surface area contributed by atoms with Crippen LogP contribution in [0.15, 0.2) is 72.8 Å². The summed E-state index contributed by atoms with van der Waals surface area (Å²) in [6.45, 7) is 22.0. The molecule has 4 heteroatoms. The summed E-state index contributed by atoms with van der Waals surface area (Å²) >= 11 is 1.82. The van der Waals surface area contributed by atoms with Gasteiger partial charge in [-0.2, -0.15) is 18.6 Å². The molecule has 0 spiro atoms. The van der Waals surface area contributed by atoms with Gasteiger partial charge in [-0.1, -0.05) is 87.0 Å². The van der Waals surface area contributed by atoms with Crippen molar-refractivity contribution in [2.45, 2.75) is 84.8 Å². The Morgan fingerprint density at radius 3 is 1.92 bits per heavy atom. The van der Waals surface area contributed by atoms with Crippen molar-refractivity contribution in [3.8, 4) is 5.75 Å². The summed E-state index contributed by atoms with van der Waals surface area (Å²) in [6.07, 6.45) is 3.50. The maximum atomic E-state index is 5.48. The second-order valence-corrected chi connectivity index (χ2v) is 10.7. The van der Waals surface area contributed by atoms with Crippen molar-refractivity contribution in [1.29, 1.82) is 0 Å². The molecule has 1 fully saturated rings. The van der Waals surface area contributed by atoms with E-state index in [9.17, 15) is 0 Å². The van der Waals surface area contributed by atoms with E-state index in [1.54, 1.807) is 0 Å². The maximum absolute atomic E-state index is 5.48. The van der Waals surface area contributed by atoms with Crippen LogP contribution in [0.4, 0.5) is 5.69 Å². The van der Waals surface area contributed by atoms with Crippen LogP contribution in [-0.4, -0.2) is 11.6 Å². The van der Waals surface area contributed by atoms with Crippen molar-refractivity contribution >= 4 is 15.4 Å². The fraction of sp³-hybridized carbons (Fsp3) is 0.382. The van der Waals surface area contributed by atoms with Gasteiger partial charge in [-0.15, -0.1) is 11.5 Å². The number of ether oxygens (including phenoxy) is 1. The number of benzene rings is 3. The average molecular weight is 621 g/mol. The Bertz CT molecular complexity index is 1080. The van der Waals surface area contributed by atoms with E-state index in [0.717, 1.165) is 30.6 Å². The predicted octanol–water partition coefficient (Wildman–Crippen LogP) is 9.71. The molecule has 3 aromatic rings. The summed E-state index contributed by atoms with van der Waals surface area (Å²) in [6, 6.07) is 25.5. The molecule has 2 nitrogen and oxygen atoms in total. The minimum absolute atomic E-state index is 0. The van der Waals surface area contributed by atoms with Gasteiger partial charge in [-0.25, -0.2) is 6.54 Å². The van der Waals surface area contributed by atoms with E-state index in [1.165, 1.54) is 22.4 Å². The third-order valence-electron chi connectivity index (χ3n) is 6.84. The first kappa shape index (κ1) is 34.1. The van der Waals surface area contributed by atoms with E-state index in [2.05, 4.69) is 111 Å². The molecule has 4 rings (SSSR count). The van der Waals surface area contributed by atoms with Crippen LogP contribution in [0.5, 0.6) is 5.75 Å². The molecule has 0 N–H and O–H groups in total. The fourth-order valence-corrected chi connectivity index (χ4v) is 5.25. The number of rotatable bonds is 6. The Balaban J connectivity index is 0.000000436. The van der Waals surface area contributed by atoms with Crippen LogP contribution < -0.4 is 9.64 Å². The van der Waals surface area contributed by atoms with Crippen LogP contribution in [0.3, 0.4) is 0 Å². The third-order valence-corrected chi connectivity index (χ3v) is 6.84. The van der Waals surface area contributed by atoms with Crippen LogP contribution >= 0.6 is 9.69 Å². The van der Waals surface area contributed by atoms with E-state index in [4.69, 9.17) is 4.74 Å². The summed E-state index contributed by atoms with van der Waals surface area (Å²) < 4.78 is 5.48. The second-order valence-electron chi connectivity index (χ2n) is 10.7. The summed E-state index contributed by atoms with van der Waals surface area (Å²) in [7, 11) is 4.57. The standard InChI is InChI=1S/C23H30N.C10H13O.CH3.ClH.Ru/c1-6-18-12-11-13-19(7-2)21(18)24-17-23(5,16-22(24,3)4)20-14-9-8-10-15-20;1-8(2)11-10-7-5-4-6-9(10)3;;;/h8-15,17H,6-7,16H2,1-5H3;4-8H,3H2,1-2H3;1H3;1H;/q3*-1;;+4/p-1/t23-;;;;/m1..../s1. The average Bonchev–Trinajstić information content (AvgIpc) is 3.15. The van der Waals surface area contributed by atoms with Crippen molar-refractivity contribution in [3.63, 3.8) is 0 Å². The Hall–Kier alpha value is -1.96. The van der Waals surface area contributed by atoms with Crippen LogP contribution in [0.25, 0.3) is 0 Å². The monoisotopic (exact) mass is 621 g/mol. The van der Waals surface area contributed by atoms with Gasteiger partial charge < -0.3 is 17.1 Å². The normalized spacial score (nSPS) is 17.4. The van der Waals surface area contributed by atoms with E-state index >= 15 is 0 Å². The van der Waals surface area contributed by atoms with Gasteiger partial charge in [0.15, 0.2) is 0 Å². The molecule has 1 atom stereocenters. The predicted molar refractivity (Wildman–Crippen MR) is 163 cm³/mol. The zero-order valence-electron chi connectivity index (χ0n) is 24.5. The Morgan fingerprint density at radius 1 is 0.895 bits per heavy atom. The Labute approximate surface area is 247 Å². The molecule has 0 aromatic heterocycles. The van der Waals surface area contributed by atoms with Gasteiger partial charge in [0.05, 0.1) is 6.10 Å². The molecule has 38 heavy (non-hydrogen) atoms. The molecular weight excluding hydrogens is 575 g/mol. The molecule has 1 aliphatic heterocycles. The first-order valence-corrected chi connectivity index (χ1v) is 15.4. The van der Waals surface area contributed by atoms with E-state index in [0.29, 0.717) is 0 Å². The van der Waals surface area contributed by atoms with Crippen molar-refractivity contribution in [1.82, 2.24) is 0 Å². The van der Waals surface area contributed by atoms with Gasteiger partial charge in [-0.05, 0) is 58.1 Å². The topological polar surface area (TPSA) is 12.5 Å². The SMILES string of the molecule is CCc1cccc(CC)c1N1[CH-][C@](C)(c2ccccc2)CC1(C)C.[CH2-]c1ccccc1OC(C)C.[CH3-].[Cl][Ru+3]. The van der Waals surface area contributed by atoms with Crippen molar-refractivity contribution in [2.75, 3.05) is 4.90 Å². The molecule has 1 saturated heterocycles. The van der Waals surface area contributed by atoms with Gasteiger partial charge >= 0.3 is 27.0 Å². The van der Waals surface area contributed by atoms with Crippen LogP contribution in [0.2, 0.25) is 0 Å². The van der Waals surface area contributed by atoms with Gasteiger partial charge in [0.25, 0.3) is 0 Å². The molecule has 1 aliphatic rings. The molecule has 0 unspecified atom stereocenters. The van der Waals surface area contributed by atoms with E-state index in [-0.39, 0.29) is 24.5 Å². The summed E-state index contributed by atoms with van der Waals surface area (Å²) in [5, 5.41) is 0. The summed E-state index contributed by atoms with van der Waals surface area (Å²) in [5.41, 5.74) is 6.89. The van der Waals surface area contributed by atoms with Crippen LogP contribution in [0, 0.1) is 20.9 Å². The number of anilines is 1. The summed E-state index contributed by atoms with van der Waals surface area (Å²) in [4.78, 5) is 2.57. The minimum atomic E-state index is 0. The van der Waals surface area contributed by atoms with E-state index in [1.807, 2.05) is 55.4 Å². The van der Waals surface area contributed by atoms with Crippen LogP contribution in [0.1, 0.15) is 77.1 Å². The van der Waals surface area contributed by atoms with Crippen molar-refractivity contribution < 1.29 is 22.0 Å². The zero-order valence-corrected chi connectivity index (χ0v) is 27.0.